The maximum absolute atomic E-state index is 13.3. The summed E-state index contributed by atoms with van der Waals surface area (Å²) in [6, 6.07) is 21.1. The second-order valence-electron chi connectivity index (χ2n) is 6.35. The standard InChI is InChI=1S/C23H22N2OS/c1-3-24-23(27)21(25-15-7-8-17(2)16-25)22(26)20-13-11-19(12-14-20)18-9-5-4-6-10-18/h4-16,21H,3H2,1-2H3. The van der Waals surface area contributed by atoms with Gasteiger partial charge in [0.05, 0.1) is 0 Å². The molecule has 1 aromatic heterocycles. The van der Waals surface area contributed by atoms with Crippen LogP contribution in [0, 0.1) is 6.92 Å². The third-order valence-corrected chi connectivity index (χ3v) is 4.69. The number of rotatable bonds is 6. The molecule has 0 aliphatic rings. The molecule has 0 spiro atoms. The number of benzene rings is 2. The maximum Gasteiger partial charge on any atom is 0.237 e. The van der Waals surface area contributed by atoms with Crippen LogP contribution in [-0.4, -0.2) is 17.4 Å². The Morgan fingerprint density at radius 1 is 1.00 bits per heavy atom. The summed E-state index contributed by atoms with van der Waals surface area (Å²) in [5, 5.41) is 0.408. The molecule has 136 valence electrons. The van der Waals surface area contributed by atoms with Crippen LogP contribution in [0.5, 0.6) is 0 Å². The lowest BCUT2D eigenvalue weighted by Crippen LogP contribution is -2.47. The summed E-state index contributed by atoms with van der Waals surface area (Å²) in [6.45, 7) is 4.47. The molecular formula is C23H22N2OS. The number of aryl methyl sites for hydroxylation is 1. The molecule has 3 rings (SSSR count). The largest absolute Gasteiger partial charge is 0.758 e. The van der Waals surface area contributed by atoms with E-state index in [4.69, 9.17) is 12.6 Å². The second-order valence-corrected chi connectivity index (χ2v) is 6.77. The van der Waals surface area contributed by atoms with Crippen LogP contribution in [0.2, 0.25) is 0 Å². The van der Waals surface area contributed by atoms with E-state index >= 15 is 0 Å². The van der Waals surface area contributed by atoms with Gasteiger partial charge >= 0.3 is 0 Å². The van der Waals surface area contributed by atoms with Crippen molar-refractivity contribution in [2.75, 3.05) is 6.54 Å². The van der Waals surface area contributed by atoms with Crippen LogP contribution in [0.15, 0.2) is 84.1 Å². The van der Waals surface area contributed by atoms with Gasteiger partial charge < -0.3 is 17.6 Å². The summed E-state index contributed by atoms with van der Waals surface area (Å²) >= 11 is 5.47. The van der Waals surface area contributed by atoms with Crippen LogP contribution in [-0.2, 0) is 12.6 Å². The molecule has 0 aliphatic heterocycles. The number of aliphatic imine (C=N–C) groups is 1. The van der Waals surface area contributed by atoms with Crippen molar-refractivity contribution < 1.29 is 9.36 Å². The van der Waals surface area contributed by atoms with Gasteiger partial charge in [-0.15, -0.1) is 0 Å². The quantitative estimate of drug-likeness (QED) is 0.211. The first kappa shape index (κ1) is 18.9. The Kier molecular flexibility index (Phi) is 6.09. The fraction of sp³-hybridized carbons (Fsp3) is 0.174. The molecule has 0 radical (unpaired) electrons. The minimum atomic E-state index is -0.609. The van der Waals surface area contributed by atoms with E-state index in [2.05, 4.69) is 17.1 Å². The second kappa shape index (κ2) is 8.69. The fourth-order valence-electron chi connectivity index (χ4n) is 3.01. The Morgan fingerprint density at radius 3 is 2.30 bits per heavy atom. The summed E-state index contributed by atoms with van der Waals surface area (Å²) in [5.74, 6) is -0.0487. The third-order valence-electron chi connectivity index (χ3n) is 4.34. The molecule has 3 nitrogen and oxygen atoms in total. The van der Waals surface area contributed by atoms with Gasteiger partial charge in [0.1, 0.15) is 0 Å². The molecule has 0 aliphatic carbocycles. The van der Waals surface area contributed by atoms with E-state index in [-0.39, 0.29) is 5.78 Å². The lowest BCUT2D eigenvalue weighted by atomic mass is 9.99. The highest BCUT2D eigenvalue weighted by Gasteiger charge is 2.28. The van der Waals surface area contributed by atoms with Crippen LogP contribution in [0.1, 0.15) is 28.9 Å². The van der Waals surface area contributed by atoms with Gasteiger partial charge in [0.25, 0.3) is 0 Å². The van der Waals surface area contributed by atoms with Crippen LogP contribution < -0.4 is 4.57 Å². The van der Waals surface area contributed by atoms with Crippen LogP contribution in [0.25, 0.3) is 11.1 Å². The van der Waals surface area contributed by atoms with Gasteiger partial charge in [0.2, 0.25) is 11.8 Å². The number of carbonyl (C=O) groups excluding carboxylic acids is 1. The summed E-state index contributed by atoms with van der Waals surface area (Å²) in [7, 11) is 0. The molecule has 0 bridgehead atoms. The first-order valence-corrected chi connectivity index (χ1v) is 9.39. The van der Waals surface area contributed by atoms with Crippen LogP contribution >= 0.6 is 0 Å². The van der Waals surface area contributed by atoms with Gasteiger partial charge in [-0.3, -0.25) is 4.79 Å². The number of aromatic nitrogens is 1. The number of nitrogens with zero attached hydrogens (tertiary/aromatic N) is 2. The zero-order chi connectivity index (χ0) is 19.2. The van der Waals surface area contributed by atoms with Crippen molar-refractivity contribution in [1.82, 2.24) is 0 Å². The van der Waals surface area contributed by atoms with E-state index in [1.54, 1.807) is 0 Å². The predicted molar refractivity (Wildman–Crippen MR) is 112 cm³/mol. The van der Waals surface area contributed by atoms with Crippen molar-refractivity contribution in [3.63, 3.8) is 0 Å². The average Bonchev–Trinajstić information content (AvgIpc) is 2.69. The Bertz CT molecular complexity index is 950. The van der Waals surface area contributed by atoms with Gasteiger partial charge in [-0.25, -0.2) is 0 Å². The Morgan fingerprint density at radius 2 is 1.67 bits per heavy atom. The van der Waals surface area contributed by atoms with E-state index in [0.717, 1.165) is 16.7 Å². The van der Waals surface area contributed by atoms with E-state index in [1.807, 2.05) is 85.4 Å². The molecule has 0 N–H and O–H groups in total. The van der Waals surface area contributed by atoms with Gasteiger partial charge in [-0.05, 0) is 36.1 Å². The van der Waals surface area contributed by atoms with E-state index in [9.17, 15) is 4.79 Å². The molecule has 0 fully saturated rings. The molecule has 0 saturated heterocycles. The van der Waals surface area contributed by atoms with E-state index in [1.165, 1.54) is 0 Å². The molecule has 1 heterocycles. The minimum Gasteiger partial charge on any atom is -0.758 e. The van der Waals surface area contributed by atoms with Crippen molar-refractivity contribution in [2.45, 2.75) is 19.9 Å². The molecule has 0 amide bonds. The van der Waals surface area contributed by atoms with Crippen molar-refractivity contribution in [3.8, 4) is 11.1 Å². The third kappa shape index (κ3) is 4.47. The van der Waals surface area contributed by atoms with Crippen LogP contribution in [0.3, 0.4) is 0 Å². The number of ketones is 1. The first-order valence-electron chi connectivity index (χ1n) is 8.98. The molecule has 0 saturated carbocycles. The molecule has 27 heavy (non-hydrogen) atoms. The van der Waals surface area contributed by atoms with E-state index < -0.39 is 6.04 Å². The lowest BCUT2D eigenvalue weighted by molar-refractivity contribution is -0.692. The number of hydrogen-bond donors (Lipinski definition) is 0. The number of hydrogen-bond acceptors (Lipinski definition) is 3. The van der Waals surface area contributed by atoms with E-state index in [0.29, 0.717) is 17.2 Å². The number of pyridine rings is 1. The smallest absolute Gasteiger partial charge is 0.237 e. The van der Waals surface area contributed by atoms with Gasteiger partial charge in [0.15, 0.2) is 12.4 Å². The Hall–Kier alpha value is -2.85. The van der Waals surface area contributed by atoms with Crippen molar-refractivity contribution in [1.29, 1.82) is 0 Å². The summed E-state index contributed by atoms with van der Waals surface area (Å²) < 4.78 is 1.85. The molecule has 1 atom stereocenters. The molecule has 2 aromatic carbocycles. The Balaban J connectivity index is 1.95. The van der Waals surface area contributed by atoms with Gasteiger partial charge in [-0.2, -0.15) is 4.57 Å². The highest BCUT2D eigenvalue weighted by molar-refractivity contribution is 7.77. The predicted octanol–water partition coefficient (Wildman–Crippen LogP) is 4.34. The number of Topliss-reactive ketones (excluding diaryl/α,β-unsaturated/α-hetero) is 1. The summed E-state index contributed by atoms with van der Waals surface area (Å²) in [6.07, 6.45) is 3.80. The zero-order valence-corrected chi connectivity index (χ0v) is 16.3. The number of carbonyl (C=O) groups is 1. The topological polar surface area (TPSA) is 33.3 Å². The van der Waals surface area contributed by atoms with Gasteiger partial charge in [0, 0.05) is 23.7 Å². The molecule has 4 heteroatoms. The van der Waals surface area contributed by atoms with Crippen molar-refractivity contribution in [2.24, 2.45) is 4.99 Å². The molecular weight excluding hydrogens is 352 g/mol. The zero-order valence-electron chi connectivity index (χ0n) is 15.5. The maximum atomic E-state index is 13.3. The van der Waals surface area contributed by atoms with Crippen LogP contribution in [0.4, 0.5) is 0 Å². The highest BCUT2D eigenvalue weighted by Crippen LogP contribution is 2.21. The SMILES string of the molecule is CCN=C([S-])C(C(=O)c1ccc(-c2ccccc2)cc1)[n+]1cccc(C)c1. The molecule has 3 aromatic rings. The van der Waals surface area contributed by atoms with Crippen molar-refractivity contribution in [3.05, 3.63) is 90.3 Å². The molecule has 1 unspecified atom stereocenters. The first-order chi connectivity index (χ1) is 13.1. The Labute approximate surface area is 165 Å². The monoisotopic (exact) mass is 374 g/mol. The van der Waals surface area contributed by atoms with Crippen molar-refractivity contribution >= 4 is 23.5 Å². The normalized spacial score (nSPS) is 12.6. The fourth-order valence-corrected chi connectivity index (χ4v) is 3.37. The summed E-state index contributed by atoms with van der Waals surface area (Å²) in [4.78, 5) is 17.6. The average molecular weight is 375 g/mol. The highest BCUT2D eigenvalue weighted by atomic mass is 32.1. The summed E-state index contributed by atoms with van der Waals surface area (Å²) in [5.41, 5.74) is 3.89. The minimum absolute atomic E-state index is 0.0487. The van der Waals surface area contributed by atoms with Gasteiger partial charge in [-0.1, -0.05) is 54.6 Å². The lowest BCUT2D eigenvalue weighted by Gasteiger charge is -2.18.